The number of fused-ring (bicyclic) bond motifs is 1. The number of thioether (sulfide) groups is 1. The number of hydrogen-bond acceptors (Lipinski definition) is 7. The van der Waals surface area contributed by atoms with Gasteiger partial charge in [-0.15, -0.1) is 11.8 Å². The summed E-state index contributed by atoms with van der Waals surface area (Å²) in [6.07, 6.45) is 4.12. The predicted octanol–water partition coefficient (Wildman–Crippen LogP) is 4.73. The molecule has 4 rings (SSSR count). The minimum absolute atomic E-state index is 0.147. The van der Waals surface area contributed by atoms with Crippen LogP contribution in [-0.2, 0) is 5.75 Å². The molecule has 0 aliphatic heterocycles. The van der Waals surface area contributed by atoms with Crippen molar-refractivity contribution in [1.82, 2.24) is 20.4 Å². The molecule has 1 N–H and O–H groups in total. The first kappa shape index (κ1) is 21.8. The van der Waals surface area contributed by atoms with Gasteiger partial charge in [0.05, 0.1) is 17.9 Å². The maximum atomic E-state index is 12.7. The lowest BCUT2D eigenvalue weighted by molar-refractivity contribution is 0.0948. The van der Waals surface area contributed by atoms with E-state index in [1.165, 1.54) is 11.8 Å². The Kier molecular flexibility index (Phi) is 7.01. The molecular formula is C24H24N4O3S. The fourth-order valence-corrected chi connectivity index (χ4v) is 4.42. The number of carbonyl (C=O) groups is 1. The number of benzene rings is 1. The fraction of sp³-hybridized carbons (Fsp3) is 0.250. The summed E-state index contributed by atoms with van der Waals surface area (Å²) in [4.78, 5) is 21.5. The maximum Gasteiger partial charge on any atom is 0.254 e. The van der Waals surface area contributed by atoms with Crippen molar-refractivity contribution >= 4 is 28.6 Å². The number of aryl methyl sites for hydroxylation is 2. The van der Waals surface area contributed by atoms with Gasteiger partial charge in [-0.25, -0.2) is 4.98 Å². The van der Waals surface area contributed by atoms with Gasteiger partial charge in [0.2, 0.25) is 0 Å². The van der Waals surface area contributed by atoms with E-state index in [0.29, 0.717) is 35.9 Å². The van der Waals surface area contributed by atoms with Crippen LogP contribution in [0.2, 0.25) is 0 Å². The van der Waals surface area contributed by atoms with Gasteiger partial charge in [-0.05, 0) is 44.5 Å². The molecule has 0 spiro atoms. The summed E-state index contributed by atoms with van der Waals surface area (Å²) in [6, 6.07) is 13.3. The smallest absolute Gasteiger partial charge is 0.254 e. The molecule has 0 saturated carbocycles. The van der Waals surface area contributed by atoms with Crippen LogP contribution in [0.3, 0.4) is 0 Å². The zero-order chi connectivity index (χ0) is 22.3. The van der Waals surface area contributed by atoms with E-state index in [9.17, 15) is 4.79 Å². The van der Waals surface area contributed by atoms with Crippen molar-refractivity contribution in [2.75, 3.05) is 13.2 Å². The average Bonchev–Trinajstić information content (AvgIpc) is 3.14. The molecule has 0 saturated heterocycles. The summed E-state index contributed by atoms with van der Waals surface area (Å²) in [5.74, 6) is 2.04. The summed E-state index contributed by atoms with van der Waals surface area (Å²) in [5.41, 5.74) is 3.29. The lowest BCUT2D eigenvalue weighted by Gasteiger charge is -2.10. The quantitative estimate of drug-likeness (QED) is 0.292. The first-order chi connectivity index (χ1) is 15.6. The monoisotopic (exact) mass is 448 g/mol. The van der Waals surface area contributed by atoms with E-state index in [0.717, 1.165) is 33.7 Å². The van der Waals surface area contributed by atoms with Gasteiger partial charge < -0.3 is 14.6 Å². The molecule has 1 amide bonds. The number of ether oxygens (including phenoxy) is 1. The van der Waals surface area contributed by atoms with E-state index in [-0.39, 0.29) is 5.91 Å². The van der Waals surface area contributed by atoms with Crippen LogP contribution in [0.1, 0.15) is 33.8 Å². The highest BCUT2D eigenvalue weighted by atomic mass is 32.2. The zero-order valence-electron chi connectivity index (χ0n) is 18.0. The molecule has 4 aromatic rings. The van der Waals surface area contributed by atoms with Crippen molar-refractivity contribution in [2.45, 2.75) is 31.0 Å². The van der Waals surface area contributed by atoms with E-state index in [1.807, 2.05) is 44.2 Å². The molecule has 0 unspecified atom stereocenters. The third kappa shape index (κ3) is 5.08. The van der Waals surface area contributed by atoms with Crippen molar-refractivity contribution in [3.8, 4) is 5.75 Å². The van der Waals surface area contributed by atoms with Crippen LogP contribution in [0.25, 0.3) is 10.9 Å². The summed E-state index contributed by atoms with van der Waals surface area (Å²) in [7, 11) is 0. The maximum absolute atomic E-state index is 12.7. The molecule has 7 nitrogen and oxygen atoms in total. The molecular weight excluding hydrogens is 424 g/mol. The Hall–Kier alpha value is -3.39. The molecule has 0 atom stereocenters. The lowest BCUT2D eigenvalue weighted by atomic mass is 10.2. The topological polar surface area (TPSA) is 90.1 Å². The number of nitrogens with one attached hydrogen (secondary N) is 1. The highest BCUT2D eigenvalue weighted by Crippen LogP contribution is 2.27. The van der Waals surface area contributed by atoms with Crippen molar-refractivity contribution < 1.29 is 14.1 Å². The summed E-state index contributed by atoms with van der Waals surface area (Å²) in [6.45, 7) is 4.78. The molecule has 1 aromatic carbocycles. The van der Waals surface area contributed by atoms with Crippen molar-refractivity contribution in [3.05, 3.63) is 77.4 Å². The van der Waals surface area contributed by atoms with Crippen molar-refractivity contribution in [3.63, 3.8) is 0 Å². The first-order valence-electron chi connectivity index (χ1n) is 10.4. The molecule has 3 aromatic heterocycles. The molecule has 0 aliphatic rings. The first-order valence-corrected chi connectivity index (χ1v) is 11.4. The molecule has 8 heteroatoms. The van der Waals surface area contributed by atoms with E-state index in [4.69, 9.17) is 9.26 Å². The predicted molar refractivity (Wildman–Crippen MR) is 124 cm³/mol. The number of para-hydroxylation sites is 1. The number of amides is 1. The molecule has 0 fully saturated rings. The average molecular weight is 449 g/mol. The number of pyridine rings is 2. The van der Waals surface area contributed by atoms with E-state index in [1.54, 1.807) is 24.5 Å². The zero-order valence-corrected chi connectivity index (χ0v) is 18.8. The molecule has 0 bridgehead atoms. The Labute approximate surface area is 190 Å². The van der Waals surface area contributed by atoms with Gasteiger partial charge in [-0.1, -0.05) is 23.4 Å². The van der Waals surface area contributed by atoms with Crippen LogP contribution >= 0.6 is 11.8 Å². The SMILES string of the molecule is Cc1noc(C)c1CSc1ncccc1C(=O)NCCCOc1cccc2cccnc12. The second-order valence-corrected chi connectivity index (χ2v) is 8.20. The lowest BCUT2D eigenvalue weighted by Crippen LogP contribution is -2.26. The third-order valence-electron chi connectivity index (χ3n) is 5.01. The number of nitrogens with zero attached hydrogens (tertiary/aromatic N) is 3. The van der Waals surface area contributed by atoms with E-state index in [2.05, 4.69) is 20.4 Å². The van der Waals surface area contributed by atoms with Gasteiger partial charge >= 0.3 is 0 Å². The Bertz CT molecular complexity index is 1200. The Morgan fingerprint density at radius 1 is 1.09 bits per heavy atom. The highest BCUT2D eigenvalue weighted by Gasteiger charge is 2.15. The molecule has 32 heavy (non-hydrogen) atoms. The summed E-state index contributed by atoms with van der Waals surface area (Å²) < 4.78 is 11.1. The van der Waals surface area contributed by atoms with E-state index >= 15 is 0 Å². The van der Waals surface area contributed by atoms with Gasteiger partial charge in [0.1, 0.15) is 22.1 Å². The van der Waals surface area contributed by atoms with Gasteiger partial charge in [0.15, 0.2) is 0 Å². The van der Waals surface area contributed by atoms with E-state index < -0.39 is 0 Å². The summed E-state index contributed by atoms with van der Waals surface area (Å²) in [5, 5.41) is 8.66. The van der Waals surface area contributed by atoms with Crippen LogP contribution in [0.15, 0.2) is 64.4 Å². The number of hydrogen-bond donors (Lipinski definition) is 1. The second-order valence-electron chi connectivity index (χ2n) is 7.24. The molecule has 3 heterocycles. The van der Waals surface area contributed by atoms with Crippen molar-refractivity contribution in [2.24, 2.45) is 0 Å². The fourth-order valence-electron chi connectivity index (χ4n) is 3.27. The largest absolute Gasteiger partial charge is 0.491 e. The molecule has 0 aliphatic carbocycles. The number of rotatable bonds is 9. The molecule has 0 radical (unpaired) electrons. The van der Waals surface area contributed by atoms with Crippen LogP contribution in [0, 0.1) is 13.8 Å². The Morgan fingerprint density at radius 2 is 1.91 bits per heavy atom. The number of carbonyl (C=O) groups excluding carboxylic acids is 1. The van der Waals surface area contributed by atoms with Crippen molar-refractivity contribution in [1.29, 1.82) is 0 Å². The normalized spacial score (nSPS) is 10.9. The van der Waals surface area contributed by atoms with Crippen LogP contribution in [0.4, 0.5) is 0 Å². The van der Waals surface area contributed by atoms with Crippen LogP contribution in [0.5, 0.6) is 5.75 Å². The third-order valence-corrected chi connectivity index (χ3v) is 6.04. The highest BCUT2D eigenvalue weighted by molar-refractivity contribution is 7.98. The van der Waals surface area contributed by atoms with Gasteiger partial charge in [-0.2, -0.15) is 0 Å². The van der Waals surface area contributed by atoms with Gasteiger partial charge in [0.25, 0.3) is 5.91 Å². The van der Waals surface area contributed by atoms with Gasteiger partial charge in [-0.3, -0.25) is 9.78 Å². The minimum Gasteiger partial charge on any atom is -0.491 e. The summed E-state index contributed by atoms with van der Waals surface area (Å²) >= 11 is 1.50. The minimum atomic E-state index is -0.147. The second kappa shape index (κ2) is 10.3. The van der Waals surface area contributed by atoms with Gasteiger partial charge in [0, 0.05) is 35.6 Å². The molecule has 164 valence electrons. The Balaban J connectivity index is 1.29. The standard InChI is InChI=1S/C24H24N4O3S/c1-16-20(17(2)31-28-16)15-32-24-19(9-5-12-27-24)23(29)26-13-6-14-30-21-10-3-7-18-8-4-11-25-22(18)21/h3-5,7-12H,6,13-15H2,1-2H3,(H,26,29). The number of aromatic nitrogens is 3. The Morgan fingerprint density at radius 3 is 2.75 bits per heavy atom. The van der Waals surface area contributed by atoms with Crippen LogP contribution in [-0.4, -0.2) is 34.2 Å². The van der Waals surface area contributed by atoms with Crippen LogP contribution < -0.4 is 10.1 Å².